The van der Waals surface area contributed by atoms with Crippen molar-refractivity contribution in [1.82, 2.24) is 9.80 Å². The highest BCUT2D eigenvalue weighted by molar-refractivity contribution is 4.89. The molecule has 0 amide bonds. The van der Waals surface area contributed by atoms with E-state index in [0.29, 0.717) is 0 Å². The number of unbranched alkanes of at least 4 members (excludes halogenated alkanes) is 11. The van der Waals surface area contributed by atoms with Crippen LogP contribution in [-0.4, -0.2) is 48.1 Å². The fourth-order valence-electron chi connectivity index (χ4n) is 7.07. The summed E-state index contributed by atoms with van der Waals surface area (Å²) in [7, 11) is 0. The molecule has 1 aliphatic rings. The lowest BCUT2D eigenvalue weighted by atomic mass is 9.90. The second-order valence-corrected chi connectivity index (χ2v) is 13.1. The predicted molar refractivity (Wildman–Crippen MR) is 173 cm³/mol. The van der Waals surface area contributed by atoms with Gasteiger partial charge in [0.1, 0.15) is 0 Å². The Morgan fingerprint density at radius 2 is 0.868 bits per heavy atom. The summed E-state index contributed by atoms with van der Waals surface area (Å²) in [5, 5.41) is 0. The maximum atomic E-state index is 3.01. The summed E-state index contributed by atoms with van der Waals surface area (Å²) in [5.41, 5.74) is 0. The molecule has 0 aromatic heterocycles. The Hall–Kier alpha value is -0.0800. The molecule has 1 unspecified atom stereocenters. The van der Waals surface area contributed by atoms with Crippen molar-refractivity contribution in [3.63, 3.8) is 0 Å². The van der Waals surface area contributed by atoms with Crippen LogP contribution in [0.1, 0.15) is 183 Å². The molecule has 0 aromatic rings. The SMILES string of the molecule is CCCCCCC(CCCCCC)CCN1C[C@@H](CC)N(CC(CCCCC)CCCCCC)[C@@H](CC)C1. The van der Waals surface area contributed by atoms with E-state index in [4.69, 9.17) is 0 Å². The van der Waals surface area contributed by atoms with Crippen LogP contribution in [0.25, 0.3) is 0 Å². The molecule has 0 aliphatic carbocycles. The Kier molecular flexibility index (Phi) is 23.4. The van der Waals surface area contributed by atoms with Crippen LogP contribution < -0.4 is 0 Å². The largest absolute Gasteiger partial charge is 0.300 e. The summed E-state index contributed by atoms with van der Waals surface area (Å²) < 4.78 is 0. The minimum atomic E-state index is 0.769. The fraction of sp³-hybridized carbons (Fsp3) is 1.00. The van der Waals surface area contributed by atoms with Gasteiger partial charge in [0.15, 0.2) is 0 Å². The van der Waals surface area contributed by atoms with Gasteiger partial charge in [-0.15, -0.1) is 0 Å². The van der Waals surface area contributed by atoms with Crippen LogP contribution in [0.2, 0.25) is 0 Å². The first-order valence-corrected chi connectivity index (χ1v) is 18.1. The van der Waals surface area contributed by atoms with Crippen molar-refractivity contribution in [2.75, 3.05) is 26.2 Å². The molecule has 1 fully saturated rings. The minimum Gasteiger partial charge on any atom is -0.300 e. The number of hydrogen-bond donors (Lipinski definition) is 0. The zero-order valence-corrected chi connectivity index (χ0v) is 27.6. The third kappa shape index (κ3) is 16.2. The number of hydrogen-bond acceptors (Lipinski definition) is 2. The molecule has 1 heterocycles. The van der Waals surface area contributed by atoms with E-state index in [-0.39, 0.29) is 0 Å². The third-order valence-corrected chi connectivity index (χ3v) is 9.75. The lowest BCUT2D eigenvalue weighted by Crippen LogP contribution is -2.59. The minimum absolute atomic E-state index is 0.769. The van der Waals surface area contributed by atoms with Crippen molar-refractivity contribution in [1.29, 1.82) is 0 Å². The number of nitrogens with zero attached hydrogens (tertiary/aromatic N) is 2. The third-order valence-electron chi connectivity index (χ3n) is 9.75. The first-order chi connectivity index (χ1) is 18.6. The lowest BCUT2D eigenvalue weighted by Gasteiger charge is -2.48. The van der Waals surface area contributed by atoms with Crippen molar-refractivity contribution in [3.8, 4) is 0 Å². The van der Waals surface area contributed by atoms with Crippen molar-refractivity contribution in [2.45, 2.75) is 195 Å². The summed E-state index contributed by atoms with van der Waals surface area (Å²) in [6.07, 6.45) is 31.3. The Morgan fingerprint density at radius 1 is 0.474 bits per heavy atom. The topological polar surface area (TPSA) is 6.48 Å². The molecule has 0 spiro atoms. The molecule has 0 aromatic carbocycles. The lowest BCUT2D eigenvalue weighted by molar-refractivity contribution is 0.00435. The van der Waals surface area contributed by atoms with Crippen LogP contribution in [0, 0.1) is 11.8 Å². The zero-order chi connectivity index (χ0) is 27.8. The van der Waals surface area contributed by atoms with E-state index in [0.717, 1.165) is 23.9 Å². The standard InChI is InChI=1S/C36H74N2/c1-7-13-17-21-24-33(25-22-18-14-8-2)28-29-37-31-35(11-5)38(36(12-6)32-37)30-34(26-20-16-10-4)27-23-19-15-9-3/h33-36H,7-32H2,1-6H3/t34?,35-,36+. The molecule has 0 radical (unpaired) electrons. The van der Waals surface area contributed by atoms with Gasteiger partial charge in [-0.05, 0) is 50.5 Å². The van der Waals surface area contributed by atoms with Gasteiger partial charge in [-0.25, -0.2) is 0 Å². The van der Waals surface area contributed by atoms with E-state index in [2.05, 4.69) is 51.3 Å². The molecule has 38 heavy (non-hydrogen) atoms. The van der Waals surface area contributed by atoms with E-state index in [1.165, 1.54) is 167 Å². The summed E-state index contributed by atoms with van der Waals surface area (Å²) in [6, 6.07) is 1.54. The molecule has 2 nitrogen and oxygen atoms in total. The average Bonchev–Trinajstić information content (AvgIpc) is 2.93. The first-order valence-electron chi connectivity index (χ1n) is 18.1. The highest BCUT2D eigenvalue weighted by Gasteiger charge is 2.33. The molecule has 228 valence electrons. The smallest absolute Gasteiger partial charge is 0.0224 e. The second-order valence-electron chi connectivity index (χ2n) is 13.1. The maximum absolute atomic E-state index is 3.01. The molecule has 0 bridgehead atoms. The quantitative estimate of drug-likeness (QED) is 0.102. The van der Waals surface area contributed by atoms with Crippen LogP contribution in [0.3, 0.4) is 0 Å². The van der Waals surface area contributed by atoms with E-state index < -0.39 is 0 Å². The molecule has 3 atom stereocenters. The van der Waals surface area contributed by atoms with Gasteiger partial charge in [0, 0.05) is 31.7 Å². The second kappa shape index (κ2) is 24.7. The molecule has 1 saturated heterocycles. The Labute approximate surface area is 242 Å². The molecule has 2 heteroatoms. The zero-order valence-electron chi connectivity index (χ0n) is 27.6. The van der Waals surface area contributed by atoms with Crippen molar-refractivity contribution in [2.24, 2.45) is 11.8 Å². The summed E-state index contributed by atoms with van der Waals surface area (Å²) in [5.74, 6) is 1.89. The number of rotatable bonds is 26. The summed E-state index contributed by atoms with van der Waals surface area (Å²) >= 11 is 0. The van der Waals surface area contributed by atoms with Crippen molar-refractivity contribution in [3.05, 3.63) is 0 Å². The van der Waals surface area contributed by atoms with E-state index in [1.54, 1.807) is 0 Å². The molecule has 0 saturated carbocycles. The molecule has 1 aliphatic heterocycles. The van der Waals surface area contributed by atoms with Gasteiger partial charge in [-0.1, -0.05) is 151 Å². The van der Waals surface area contributed by atoms with Gasteiger partial charge in [0.25, 0.3) is 0 Å². The van der Waals surface area contributed by atoms with Gasteiger partial charge in [-0.3, -0.25) is 4.90 Å². The van der Waals surface area contributed by atoms with Crippen LogP contribution in [-0.2, 0) is 0 Å². The fourth-order valence-corrected chi connectivity index (χ4v) is 7.07. The Balaban J connectivity index is 2.70. The van der Waals surface area contributed by atoms with E-state index >= 15 is 0 Å². The van der Waals surface area contributed by atoms with E-state index in [9.17, 15) is 0 Å². The Bertz CT molecular complexity index is 466. The van der Waals surface area contributed by atoms with Gasteiger partial charge < -0.3 is 4.90 Å². The van der Waals surface area contributed by atoms with Gasteiger partial charge in [-0.2, -0.15) is 0 Å². The van der Waals surface area contributed by atoms with Crippen LogP contribution in [0.4, 0.5) is 0 Å². The molecular formula is C36H74N2. The summed E-state index contributed by atoms with van der Waals surface area (Å²) in [4.78, 5) is 5.91. The average molecular weight is 535 g/mol. The molecule has 1 rings (SSSR count). The highest BCUT2D eigenvalue weighted by atomic mass is 15.3. The molecule has 0 N–H and O–H groups in total. The van der Waals surface area contributed by atoms with Gasteiger partial charge in [0.05, 0.1) is 0 Å². The van der Waals surface area contributed by atoms with Crippen molar-refractivity contribution < 1.29 is 0 Å². The summed E-state index contributed by atoms with van der Waals surface area (Å²) in [6.45, 7) is 19.7. The number of piperazine rings is 1. The van der Waals surface area contributed by atoms with Crippen LogP contribution >= 0.6 is 0 Å². The Morgan fingerprint density at radius 3 is 1.29 bits per heavy atom. The van der Waals surface area contributed by atoms with Crippen molar-refractivity contribution >= 4 is 0 Å². The van der Waals surface area contributed by atoms with E-state index in [1.807, 2.05) is 0 Å². The highest BCUT2D eigenvalue weighted by Crippen LogP contribution is 2.28. The monoisotopic (exact) mass is 535 g/mol. The maximum Gasteiger partial charge on any atom is 0.0224 e. The van der Waals surface area contributed by atoms with Gasteiger partial charge in [0.2, 0.25) is 0 Å². The van der Waals surface area contributed by atoms with Crippen LogP contribution in [0.15, 0.2) is 0 Å². The van der Waals surface area contributed by atoms with Crippen LogP contribution in [0.5, 0.6) is 0 Å². The molecular weight excluding hydrogens is 460 g/mol. The van der Waals surface area contributed by atoms with Gasteiger partial charge >= 0.3 is 0 Å². The first kappa shape index (κ1) is 35.9. The predicted octanol–water partition coefficient (Wildman–Crippen LogP) is 11.3. The normalized spacial score (nSPS) is 20.0.